The maximum Gasteiger partial charge on any atom is 0.178 e. The summed E-state index contributed by atoms with van der Waals surface area (Å²) in [4.78, 5) is 4.19. The fraction of sp³-hybridized carbons (Fsp3) is 0.714. The van der Waals surface area contributed by atoms with Crippen molar-refractivity contribution in [1.82, 2.24) is 14.4 Å². The van der Waals surface area contributed by atoms with E-state index in [1.54, 1.807) is 0 Å². The van der Waals surface area contributed by atoms with Crippen molar-refractivity contribution in [3.8, 4) is 0 Å². The summed E-state index contributed by atoms with van der Waals surface area (Å²) in [5, 5.41) is 4.37. The van der Waals surface area contributed by atoms with E-state index in [1.165, 1.54) is 0 Å². The molecule has 3 nitrogen and oxygen atoms in total. The Hall–Kier alpha value is -0.643. The number of nitrogens with zero attached hydrogens (tertiary/aromatic N) is 3. The van der Waals surface area contributed by atoms with Crippen molar-refractivity contribution in [2.75, 3.05) is 0 Å². The van der Waals surface area contributed by atoms with Crippen LogP contribution in [0.3, 0.4) is 0 Å². The number of hydrogen-bond donors (Lipinski definition) is 0. The summed E-state index contributed by atoms with van der Waals surface area (Å²) >= 11 is 0. The van der Waals surface area contributed by atoms with Crippen LogP contribution in [0.25, 0.3) is 0 Å². The predicted octanol–water partition coefficient (Wildman–Crippen LogP) is 1.52. The molecule has 0 radical (unpaired) electrons. The standard InChI is InChI=1S/C7H15N3Si/c1-5-7-8-6-10(9-7)11(2,3)4/h6H,5H2,1-4H3. The average molecular weight is 169 g/mol. The molecule has 0 atom stereocenters. The van der Waals surface area contributed by atoms with Crippen LogP contribution in [0.2, 0.25) is 19.6 Å². The van der Waals surface area contributed by atoms with Crippen LogP contribution < -0.4 is 0 Å². The van der Waals surface area contributed by atoms with E-state index < -0.39 is 8.24 Å². The van der Waals surface area contributed by atoms with E-state index in [4.69, 9.17) is 0 Å². The summed E-state index contributed by atoms with van der Waals surface area (Å²) in [5.74, 6) is 0.951. The highest BCUT2D eigenvalue weighted by molar-refractivity contribution is 6.74. The molecule has 0 aliphatic heterocycles. The molecule has 0 aromatic carbocycles. The van der Waals surface area contributed by atoms with Crippen LogP contribution in [0.1, 0.15) is 12.7 Å². The molecule has 1 aromatic heterocycles. The van der Waals surface area contributed by atoms with E-state index in [-0.39, 0.29) is 0 Å². The lowest BCUT2D eigenvalue weighted by atomic mass is 10.5. The highest BCUT2D eigenvalue weighted by Crippen LogP contribution is 2.03. The van der Waals surface area contributed by atoms with Gasteiger partial charge in [-0.1, -0.05) is 6.92 Å². The second-order valence-corrected chi connectivity index (χ2v) is 8.43. The molecule has 0 saturated carbocycles. The minimum absolute atomic E-state index is 0.928. The second-order valence-electron chi connectivity index (χ2n) is 3.63. The number of hydrogen-bond acceptors (Lipinski definition) is 2. The van der Waals surface area contributed by atoms with Gasteiger partial charge in [0.25, 0.3) is 0 Å². The first-order chi connectivity index (χ1) is 5.04. The van der Waals surface area contributed by atoms with Gasteiger partial charge in [-0.3, -0.25) is 4.35 Å². The molecular weight excluding hydrogens is 154 g/mol. The Morgan fingerprint density at radius 3 is 2.36 bits per heavy atom. The van der Waals surface area contributed by atoms with Crippen molar-refractivity contribution in [2.45, 2.75) is 33.0 Å². The lowest BCUT2D eigenvalue weighted by Crippen LogP contribution is -2.32. The van der Waals surface area contributed by atoms with Gasteiger partial charge in [0.15, 0.2) is 8.24 Å². The van der Waals surface area contributed by atoms with Gasteiger partial charge < -0.3 is 0 Å². The van der Waals surface area contributed by atoms with Crippen LogP contribution in [0.15, 0.2) is 6.33 Å². The summed E-state index contributed by atoms with van der Waals surface area (Å²) in [6.45, 7) is 8.83. The summed E-state index contributed by atoms with van der Waals surface area (Å²) in [7, 11) is -1.29. The van der Waals surface area contributed by atoms with Gasteiger partial charge in [0.2, 0.25) is 0 Å². The quantitative estimate of drug-likeness (QED) is 0.628. The molecule has 0 spiro atoms. The minimum atomic E-state index is -1.29. The highest BCUT2D eigenvalue weighted by atomic mass is 28.3. The zero-order chi connectivity index (χ0) is 8.48. The van der Waals surface area contributed by atoms with Gasteiger partial charge in [-0.15, -0.1) is 0 Å². The van der Waals surface area contributed by atoms with Gasteiger partial charge in [-0.2, -0.15) is 5.10 Å². The summed E-state index contributed by atoms with van der Waals surface area (Å²) in [5.41, 5.74) is 0. The van der Waals surface area contributed by atoms with Crippen LogP contribution in [-0.4, -0.2) is 22.7 Å². The maximum absolute atomic E-state index is 4.37. The van der Waals surface area contributed by atoms with Crippen molar-refractivity contribution in [3.05, 3.63) is 12.2 Å². The SMILES string of the molecule is CCc1ncn([Si](C)(C)C)n1. The van der Waals surface area contributed by atoms with E-state index in [0.717, 1.165) is 12.2 Å². The van der Waals surface area contributed by atoms with Gasteiger partial charge >= 0.3 is 0 Å². The summed E-state index contributed by atoms with van der Waals surface area (Å²) < 4.78 is 2.03. The summed E-state index contributed by atoms with van der Waals surface area (Å²) in [6.07, 6.45) is 2.78. The molecular formula is C7H15N3Si. The molecule has 0 N–H and O–H groups in total. The molecule has 0 bridgehead atoms. The molecule has 0 fully saturated rings. The second kappa shape index (κ2) is 2.77. The third-order valence-electron chi connectivity index (χ3n) is 1.54. The first kappa shape index (κ1) is 8.45. The van der Waals surface area contributed by atoms with Gasteiger partial charge in [0, 0.05) is 6.42 Å². The van der Waals surface area contributed by atoms with E-state index >= 15 is 0 Å². The number of rotatable bonds is 2. The molecule has 1 heterocycles. The maximum atomic E-state index is 4.37. The van der Waals surface area contributed by atoms with Crippen LogP contribution in [0.4, 0.5) is 0 Å². The smallest absolute Gasteiger partial charge is 0.178 e. The fourth-order valence-corrected chi connectivity index (χ4v) is 1.60. The zero-order valence-corrected chi connectivity index (χ0v) is 8.63. The van der Waals surface area contributed by atoms with Crippen LogP contribution in [0.5, 0.6) is 0 Å². The van der Waals surface area contributed by atoms with Gasteiger partial charge in [0.1, 0.15) is 12.2 Å². The third kappa shape index (κ3) is 1.89. The van der Waals surface area contributed by atoms with Crippen molar-refractivity contribution in [1.29, 1.82) is 0 Å². The highest BCUT2D eigenvalue weighted by Gasteiger charge is 2.17. The largest absolute Gasteiger partial charge is 0.284 e. The van der Waals surface area contributed by atoms with Crippen molar-refractivity contribution < 1.29 is 0 Å². The van der Waals surface area contributed by atoms with E-state index in [0.29, 0.717) is 0 Å². The molecule has 1 rings (SSSR count). The molecule has 4 heteroatoms. The Balaban J connectivity index is 2.89. The van der Waals surface area contributed by atoms with Crippen molar-refractivity contribution in [2.24, 2.45) is 0 Å². The van der Waals surface area contributed by atoms with Gasteiger partial charge in [0.05, 0.1) is 0 Å². The van der Waals surface area contributed by atoms with Crippen LogP contribution >= 0.6 is 0 Å². The van der Waals surface area contributed by atoms with Crippen molar-refractivity contribution >= 4 is 8.24 Å². The first-order valence-corrected chi connectivity index (χ1v) is 7.40. The lowest BCUT2D eigenvalue weighted by molar-refractivity contribution is 0.877. The zero-order valence-electron chi connectivity index (χ0n) is 7.63. The molecule has 62 valence electrons. The number of aryl methyl sites for hydroxylation is 1. The fourth-order valence-electron chi connectivity index (χ4n) is 0.783. The van der Waals surface area contributed by atoms with Crippen LogP contribution in [-0.2, 0) is 6.42 Å². The molecule has 1 aromatic rings. The topological polar surface area (TPSA) is 30.7 Å². The summed E-state index contributed by atoms with van der Waals surface area (Å²) in [6, 6.07) is 0. The Kier molecular flexibility index (Phi) is 2.13. The van der Waals surface area contributed by atoms with Crippen molar-refractivity contribution in [3.63, 3.8) is 0 Å². The number of aromatic nitrogens is 3. The van der Waals surface area contributed by atoms with E-state index in [1.807, 2.05) is 10.7 Å². The monoisotopic (exact) mass is 169 g/mol. The Morgan fingerprint density at radius 2 is 2.09 bits per heavy atom. The van der Waals surface area contributed by atoms with Gasteiger partial charge in [-0.05, 0) is 19.6 Å². The Bertz CT molecular complexity index is 236. The van der Waals surface area contributed by atoms with Crippen LogP contribution in [0, 0.1) is 0 Å². The van der Waals surface area contributed by atoms with Gasteiger partial charge in [-0.25, -0.2) is 4.98 Å². The third-order valence-corrected chi connectivity index (χ3v) is 3.13. The molecule has 0 aliphatic rings. The molecule has 11 heavy (non-hydrogen) atoms. The molecule has 0 aliphatic carbocycles. The normalized spacial score (nSPS) is 12.0. The first-order valence-electron chi connectivity index (χ1n) is 3.95. The van der Waals surface area contributed by atoms with E-state index in [9.17, 15) is 0 Å². The Labute approximate surface area is 68.5 Å². The minimum Gasteiger partial charge on any atom is -0.284 e. The lowest BCUT2D eigenvalue weighted by Gasteiger charge is -2.14. The average Bonchev–Trinajstić information content (AvgIpc) is 2.32. The predicted molar refractivity (Wildman–Crippen MR) is 48.1 cm³/mol. The Morgan fingerprint density at radius 1 is 1.45 bits per heavy atom. The molecule has 0 unspecified atom stereocenters. The van der Waals surface area contributed by atoms with E-state index in [2.05, 4.69) is 36.6 Å². The molecule has 0 amide bonds. The molecule has 0 saturated heterocycles.